The molecule has 3 rings (SSSR count). The Bertz CT molecular complexity index is 976. The average molecular weight is 407 g/mol. The Morgan fingerprint density at radius 3 is 2.00 bits per heavy atom. The van der Waals surface area contributed by atoms with E-state index in [9.17, 15) is 8.42 Å². The van der Waals surface area contributed by atoms with Crippen LogP contribution in [0.5, 0.6) is 0 Å². The predicted molar refractivity (Wildman–Crippen MR) is 112 cm³/mol. The molecule has 26 heavy (non-hydrogen) atoms. The molecule has 4 nitrogen and oxygen atoms in total. The average Bonchev–Trinajstić information content (AvgIpc) is 2.69. The second kappa shape index (κ2) is 8.37. The van der Waals surface area contributed by atoms with Gasteiger partial charge in [0.1, 0.15) is 0 Å². The summed E-state index contributed by atoms with van der Waals surface area (Å²) < 4.78 is 34.6. The second-order valence-corrected chi connectivity index (χ2v) is 9.49. The van der Waals surface area contributed by atoms with Crippen LogP contribution in [-0.4, -0.2) is 26.0 Å². The summed E-state index contributed by atoms with van der Waals surface area (Å²) in [5, 5.41) is 0. The Labute approximate surface area is 161 Å². The molecule has 2 aromatic rings. The van der Waals surface area contributed by atoms with E-state index in [1.54, 1.807) is 0 Å². The van der Waals surface area contributed by atoms with Crippen molar-refractivity contribution < 1.29 is 16.2 Å². The molecule has 0 saturated carbocycles. The third-order valence-corrected chi connectivity index (χ3v) is 7.99. The van der Waals surface area contributed by atoms with Crippen LogP contribution in [0.1, 0.15) is 11.1 Å². The van der Waals surface area contributed by atoms with Crippen LogP contribution in [0.4, 0.5) is 0 Å². The Hall–Kier alpha value is -1.64. The minimum Gasteiger partial charge on any atom is -0.251 e. The summed E-state index contributed by atoms with van der Waals surface area (Å²) >= 11 is 1.47. The fourth-order valence-electron chi connectivity index (χ4n) is 2.43. The van der Waals surface area contributed by atoms with Crippen molar-refractivity contribution in [1.29, 1.82) is 0 Å². The zero-order valence-electron chi connectivity index (χ0n) is 14.3. The van der Waals surface area contributed by atoms with Crippen molar-refractivity contribution in [2.75, 3.05) is 13.4 Å². The van der Waals surface area contributed by atoms with E-state index in [4.69, 9.17) is 3.63 Å². The lowest BCUT2D eigenvalue weighted by Crippen LogP contribution is -2.08. The normalized spacial score (nSPS) is 17.6. The fraction of sp³-hybridized carbons (Fsp3) is 0.105. The molecule has 1 heterocycles. The first kappa shape index (κ1) is 19.1. The van der Waals surface area contributed by atoms with Gasteiger partial charge in [-0.05, 0) is 35.1 Å². The summed E-state index contributed by atoms with van der Waals surface area (Å²) in [5.41, 5.74) is 2.98. The number of benzene rings is 2. The van der Waals surface area contributed by atoms with Crippen LogP contribution in [-0.2, 0) is 18.2 Å². The van der Waals surface area contributed by atoms with Gasteiger partial charge in [-0.1, -0.05) is 60.7 Å². The predicted octanol–water partition coefficient (Wildman–Crippen LogP) is 4.71. The third kappa shape index (κ3) is 4.36. The standard InChI is InChI=1S/C19H18O4S3/c1-22-26(20,21)23-25-18(16-11-7-4-8-12-16)13-17(14-19(25)24-2)15-9-5-3-6-10-15/h3-14H,1-2H3. The zero-order chi connectivity index (χ0) is 18.6. The van der Waals surface area contributed by atoms with E-state index in [1.807, 2.05) is 79.1 Å². The summed E-state index contributed by atoms with van der Waals surface area (Å²) in [6.45, 7) is 0. The van der Waals surface area contributed by atoms with E-state index < -0.39 is 21.2 Å². The molecule has 0 bridgehead atoms. The van der Waals surface area contributed by atoms with E-state index in [1.165, 1.54) is 11.8 Å². The van der Waals surface area contributed by atoms with Crippen molar-refractivity contribution in [3.63, 3.8) is 0 Å². The molecule has 1 atom stereocenters. The van der Waals surface area contributed by atoms with Gasteiger partial charge in [-0.25, -0.2) is 0 Å². The first-order chi connectivity index (χ1) is 12.5. The lowest BCUT2D eigenvalue weighted by molar-refractivity contribution is 0.344. The van der Waals surface area contributed by atoms with Gasteiger partial charge in [0.2, 0.25) is 0 Å². The molecule has 0 spiro atoms. The van der Waals surface area contributed by atoms with Crippen LogP contribution in [0, 0.1) is 0 Å². The molecule has 136 valence electrons. The smallest absolute Gasteiger partial charge is 0.251 e. The largest absolute Gasteiger partial charge is 0.410 e. The quantitative estimate of drug-likeness (QED) is 0.673. The van der Waals surface area contributed by atoms with Crippen molar-refractivity contribution in [1.82, 2.24) is 0 Å². The monoisotopic (exact) mass is 406 g/mol. The maximum atomic E-state index is 11.9. The number of rotatable bonds is 5. The topological polar surface area (TPSA) is 52.6 Å². The molecule has 1 aliphatic heterocycles. The highest BCUT2D eigenvalue weighted by Gasteiger charge is 2.23. The van der Waals surface area contributed by atoms with Crippen LogP contribution in [0.25, 0.3) is 10.5 Å². The van der Waals surface area contributed by atoms with Crippen molar-refractivity contribution in [3.05, 3.63) is 83.9 Å². The van der Waals surface area contributed by atoms with E-state index >= 15 is 0 Å². The van der Waals surface area contributed by atoms with E-state index in [2.05, 4.69) is 4.18 Å². The zero-order valence-corrected chi connectivity index (χ0v) is 16.7. The molecule has 0 aromatic heterocycles. The molecule has 1 unspecified atom stereocenters. The number of thioether (sulfide) groups is 1. The summed E-state index contributed by atoms with van der Waals surface area (Å²) in [7, 11) is -4.06. The minimum atomic E-state index is -4.08. The van der Waals surface area contributed by atoms with Crippen LogP contribution in [0.2, 0.25) is 0 Å². The van der Waals surface area contributed by atoms with Crippen molar-refractivity contribution >= 4 is 47.6 Å². The number of hydrogen-bond donors (Lipinski definition) is 0. The second-order valence-electron chi connectivity index (χ2n) is 5.28. The summed E-state index contributed by atoms with van der Waals surface area (Å²) in [4.78, 5) is 0.803. The molecule has 7 heteroatoms. The lowest BCUT2D eigenvalue weighted by atomic mass is 10.0. The molecule has 0 aliphatic carbocycles. The Morgan fingerprint density at radius 1 is 0.885 bits per heavy atom. The lowest BCUT2D eigenvalue weighted by Gasteiger charge is -2.21. The van der Waals surface area contributed by atoms with E-state index in [0.717, 1.165) is 32.9 Å². The maximum absolute atomic E-state index is 11.9. The fourth-order valence-corrected chi connectivity index (χ4v) is 6.29. The molecular formula is C19H18O4S3. The summed E-state index contributed by atoms with van der Waals surface area (Å²) in [6, 6.07) is 19.6. The van der Waals surface area contributed by atoms with Gasteiger partial charge < -0.3 is 0 Å². The van der Waals surface area contributed by atoms with Gasteiger partial charge in [0.15, 0.2) is 0 Å². The van der Waals surface area contributed by atoms with Crippen LogP contribution >= 0.6 is 22.5 Å². The molecule has 0 radical (unpaired) electrons. The van der Waals surface area contributed by atoms with Gasteiger partial charge in [-0.2, -0.15) is 12.0 Å². The van der Waals surface area contributed by atoms with Crippen molar-refractivity contribution in [3.8, 4) is 0 Å². The number of allylic oxidation sites excluding steroid dienone is 2. The molecule has 0 saturated heterocycles. The summed E-state index contributed by atoms with van der Waals surface area (Å²) in [5.74, 6) is 0. The van der Waals surface area contributed by atoms with Crippen LogP contribution in [0.3, 0.4) is 0 Å². The molecular weight excluding hydrogens is 388 g/mol. The van der Waals surface area contributed by atoms with Gasteiger partial charge in [0.05, 0.1) is 11.3 Å². The SMILES string of the molecule is COS(=O)(=O)OS1=C(SC)C=C(c2ccccc2)C=C1c1ccccc1. The van der Waals surface area contributed by atoms with Crippen LogP contribution in [0.15, 0.2) is 72.8 Å². The van der Waals surface area contributed by atoms with Crippen molar-refractivity contribution in [2.24, 2.45) is 0 Å². The number of hydrogen-bond acceptors (Lipinski definition) is 5. The van der Waals surface area contributed by atoms with Gasteiger partial charge in [-0.3, -0.25) is 4.18 Å². The van der Waals surface area contributed by atoms with E-state index in [0.29, 0.717) is 0 Å². The molecule has 2 aromatic carbocycles. The Morgan fingerprint density at radius 2 is 1.46 bits per heavy atom. The first-order valence-corrected chi connectivity index (χ1v) is 11.4. The minimum absolute atomic E-state index is 0.803. The highest BCUT2D eigenvalue weighted by molar-refractivity contribution is 8.37. The molecule has 0 fully saturated rings. The molecule has 0 amide bonds. The Kier molecular flexibility index (Phi) is 6.16. The highest BCUT2D eigenvalue weighted by Crippen LogP contribution is 2.45. The first-order valence-electron chi connectivity index (χ1n) is 7.74. The van der Waals surface area contributed by atoms with E-state index in [-0.39, 0.29) is 0 Å². The van der Waals surface area contributed by atoms with Gasteiger partial charge in [0.25, 0.3) is 0 Å². The van der Waals surface area contributed by atoms with Gasteiger partial charge in [-0.15, -0.1) is 11.8 Å². The molecule has 0 N–H and O–H groups in total. The Balaban J connectivity index is 2.19. The maximum Gasteiger partial charge on any atom is 0.410 e. The van der Waals surface area contributed by atoms with Crippen molar-refractivity contribution in [2.45, 2.75) is 0 Å². The van der Waals surface area contributed by atoms with Gasteiger partial charge in [0, 0.05) is 15.7 Å². The van der Waals surface area contributed by atoms with Crippen LogP contribution < -0.4 is 0 Å². The molecule has 1 aliphatic rings. The summed E-state index contributed by atoms with van der Waals surface area (Å²) in [6.07, 6.45) is 5.87. The van der Waals surface area contributed by atoms with Gasteiger partial charge >= 0.3 is 10.4 Å². The highest BCUT2D eigenvalue weighted by atomic mass is 32.3. The third-order valence-electron chi connectivity index (χ3n) is 3.66.